The molecule has 3 rings (SSSR count). The SMILES string of the molecule is COc1ccc(C)cc1S(=O)(=O)N1CCC[C@@H](C(=O)N2CCCCC2)C1. The van der Waals surface area contributed by atoms with E-state index in [1.807, 2.05) is 17.9 Å². The fourth-order valence-corrected chi connectivity index (χ4v) is 5.62. The van der Waals surface area contributed by atoms with E-state index in [2.05, 4.69) is 0 Å². The van der Waals surface area contributed by atoms with Crippen molar-refractivity contribution in [3.05, 3.63) is 23.8 Å². The average Bonchev–Trinajstić information content (AvgIpc) is 2.68. The molecule has 144 valence electrons. The van der Waals surface area contributed by atoms with E-state index in [1.165, 1.54) is 17.8 Å². The van der Waals surface area contributed by atoms with Crippen molar-refractivity contribution in [2.24, 2.45) is 5.92 Å². The lowest BCUT2D eigenvalue weighted by Crippen LogP contribution is -2.47. The highest BCUT2D eigenvalue weighted by atomic mass is 32.2. The lowest BCUT2D eigenvalue weighted by Gasteiger charge is -2.35. The Morgan fingerprint density at radius 1 is 1.12 bits per heavy atom. The highest BCUT2D eigenvalue weighted by Crippen LogP contribution is 2.31. The van der Waals surface area contributed by atoms with Gasteiger partial charge in [-0.05, 0) is 56.7 Å². The molecule has 0 N–H and O–H groups in total. The number of benzene rings is 1. The van der Waals surface area contributed by atoms with Gasteiger partial charge in [0.2, 0.25) is 15.9 Å². The first kappa shape index (κ1) is 19.2. The minimum atomic E-state index is -3.69. The minimum absolute atomic E-state index is 0.112. The Morgan fingerprint density at radius 2 is 1.85 bits per heavy atom. The molecule has 0 aliphatic carbocycles. The smallest absolute Gasteiger partial charge is 0.246 e. The zero-order valence-corrected chi connectivity index (χ0v) is 16.4. The maximum absolute atomic E-state index is 13.2. The number of methoxy groups -OCH3 is 1. The molecule has 6 nitrogen and oxygen atoms in total. The van der Waals surface area contributed by atoms with Gasteiger partial charge in [0.15, 0.2) is 0 Å². The Hall–Kier alpha value is -1.60. The fourth-order valence-electron chi connectivity index (χ4n) is 3.86. The minimum Gasteiger partial charge on any atom is -0.495 e. The number of carbonyl (C=O) groups is 1. The second-order valence-corrected chi connectivity index (χ2v) is 9.15. The Kier molecular flexibility index (Phi) is 5.87. The van der Waals surface area contributed by atoms with Gasteiger partial charge >= 0.3 is 0 Å². The fraction of sp³-hybridized carbons (Fsp3) is 0.632. The van der Waals surface area contributed by atoms with Gasteiger partial charge in [-0.3, -0.25) is 4.79 Å². The Bertz CT molecular complexity index is 757. The molecule has 1 aromatic carbocycles. The monoisotopic (exact) mass is 380 g/mol. The molecule has 7 heteroatoms. The van der Waals surface area contributed by atoms with Crippen LogP contribution in [0.4, 0.5) is 0 Å². The summed E-state index contributed by atoms with van der Waals surface area (Å²) in [6.07, 6.45) is 4.72. The number of hydrogen-bond acceptors (Lipinski definition) is 4. The maximum Gasteiger partial charge on any atom is 0.246 e. The number of rotatable bonds is 4. The number of likely N-dealkylation sites (tertiary alicyclic amines) is 1. The summed E-state index contributed by atoms with van der Waals surface area (Å²) in [4.78, 5) is 14.9. The van der Waals surface area contributed by atoms with Crippen LogP contribution in [0.1, 0.15) is 37.7 Å². The zero-order chi connectivity index (χ0) is 18.7. The van der Waals surface area contributed by atoms with Gasteiger partial charge in [0.25, 0.3) is 0 Å². The van der Waals surface area contributed by atoms with Crippen molar-refractivity contribution in [3.63, 3.8) is 0 Å². The third-order valence-corrected chi connectivity index (χ3v) is 7.22. The third-order valence-electron chi connectivity index (χ3n) is 5.34. The lowest BCUT2D eigenvalue weighted by molar-refractivity contribution is -0.137. The standard InChI is InChI=1S/C19H28N2O4S/c1-15-8-9-17(25-2)18(13-15)26(23,24)21-12-6-7-16(14-21)19(22)20-10-4-3-5-11-20/h8-9,13,16H,3-7,10-12,14H2,1-2H3/t16-/m1/s1. The van der Waals surface area contributed by atoms with Crippen molar-refractivity contribution in [2.45, 2.75) is 43.9 Å². The van der Waals surface area contributed by atoms with Crippen molar-refractivity contribution >= 4 is 15.9 Å². The summed E-state index contributed by atoms with van der Waals surface area (Å²) < 4.78 is 33.1. The van der Waals surface area contributed by atoms with E-state index in [0.29, 0.717) is 18.7 Å². The molecular formula is C19H28N2O4S. The Labute approximate surface area is 156 Å². The van der Waals surface area contributed by atoms with Gasteiger partial charge in [-0.1, -0.05) is 6.07 Å². The van der Waals surface area contributed by atoms with Gasteiger partial charge in [0, 0.05) is 26.2 Å². The molecule has 26 heavy (non-hydrogen) atoms. The number of ether oxygens (including phenoxy) is 1. The van der Waals surface area contributed by atoms with E-state index in [-0.39, 0.29) is 23.3 Å². The van der Waals surface area contributed by atoms with E-state index in [9.17, 15) is 13.2 Å². The zero-order valence-electron chi connectivity index (χ0n) is 15.6. The molecule has 2 heterocycles. The van der Waals surface area contributed by atoms with E-state index in [0.717, 1.165) is 37.9 Å². The Morgan fingerprint density at radius 3 is 2.54 bits per heavy atom. The van der Waals surface area contributed by atoms with Crippen LogP contribution in [0.25, 0.3) is 0 Å². The predicted octanol–water partition coefficient (Wildman–Crippen LogP) is 2.42. The molecule has 0 bridgehead atoms. The molecule has 0 saturated carbocycles. The molecule has 2 saturated heterocycles. The molecular weight excluding hydrogens is 352 g/mol. The van der Waals surface area contributed by atoms with E-state index in [1.54, 1.807) is 12.1 Å². The van der Waals surface area contributed by atoms with Crippen LogP contribution in [0.15, 0.2) is 23.1 Å². The maximum atomic E-state index is 13.2. The van der Waals surface area contributed by atoms with E-state index >= 15 is 0 Å². The van der Waals surface area contributed by atoms with Gasteiger partial charge < -0.3 is 9.64 Å². The van der Waals surface area contributed by atoms with Crippen molar-refractivity contribution in [1.82, 2.24) is 9.21 Å². The summed E-state index contributed by atoms with van der Waals surface area (Å²) in [6, 6.07) is 5.16. The normalized spacial score (nSPS) is 22.2. The molecule has 2 aliphatic heterocycles. The van der Waals surface area contributed by atoms with Crippen LogP contribution in [-0.4, -0.2) is 56.8 Å². The number of carbonyl (C=O) groups excluding carboxylic acids is 1. The summed E-state index contributed by atoms with van der Waals surface area (Å²) >= 11 is 0. The number of nitrogens with zero attached hydrogens (tertiary/aromatic N) is 2. The quantitative estimate of drug-likeness (QED) is 0.805. The third kappa shape index (κ3) is 3.88. The van der Waals surface area contributed by atoms with Gasteiger partial charge in [-0.15, -0.1) is 0 Å². The number of aryl methyl sites for hydroxylation is 1. The largest absolute Gasteiger partial charge is 0.495 e. The number of amides is 1. The number of sulfonamides is 1. The van der Waals surface area contributed by atoms with Crippen LogP contribution in [-0.2, 0) is 14.8 Å². The first-order chi connectivity index (χ1) is 12.4. The molecule has 0 unspecified atom stereocenters. The molecule has 0 aromatic heterocycles. The van der Waals surface area contributed by atoms with Crippen LogP contribution in [0.3, 0.4) is 0 Å². The topological polar surface area (TPSA) is 66.9 Å². The van der Waals surface area contributed by atoms with Crippen molar-refractivity contribution in [2.75, 3.05) is 33.3 Å². The van der Waals surface area contributed by atoms with Crippen LogP contribution < -0.4 is 4.74 Å². The highest BCUT2D eigenvalue weighted by molar-refractivity contribution is 7.89. The van der Waals surface area contributed by atoms with Crippen LogP contribution >= 0.6 is 0 Å². The van der Waals surface area contributed by atoms with E-state index < -0.39 is 10.0 Å². The number of hydrogen-bond donors (Lipinski definition) is 0. The summed E-state index contributed by atoms with van der Waals surface area (Å²) in [5.74, 6) is 0.216. The summed E-state index contributed by atoms with van der Waals surface area (Å²) in [6.45, 7) is 4.16. The number of piperidine rings is 2. The first-order valence-corrected chi connectivity index (χ1v) is 10.8. The van der Waals surface area contributed by atoms with Gasteiger partial charge in [0.05, 0.1) is 13.0 Å². The molecule has 0 spiro atoms. The predicted molar refractivity (Wildman–Crippen MR) is 99.6 cm³/mol. The summed E-state index contributed by atoms with van der Waals surface area (Å²) in [5, 5.41) is 0. The average molecular weight is 381 g/mol. The van der Waals surface area contributed by atoms with Gasteiger partial charge in [-0.25, -0.2) is 8.42 Å². The molecule has 2 fully saturated rings. The van der Waals surface area contributed by atoms with Crippen LogP contribution in [0.2, 0.25) is 0 Å². The molecule has 2 aliphatic rings. The molecule has 1 amide bonds. The summed E-state index contributed by atoms with van der Waals surface area (Å²) in [5.41, 5.74) is 0.863. The first-order valence-electron chi connectivity index (χ1n) is 9.37. The van der Waals surface area contributed by atoms with Gasteiger partial charge in [-0.2, -0.15) is 4.31 Å². The second-order valence-electron chi connectivity index (χ2n) is 7.24. The van der Waals surface area contributed by atoms with E-state index in [4.69, 9.17) is 4.74 Å². The highest BCUT2D eigenvalue weighted by Gasteiger charge is 2.36. The molecule has 1 aromatic rings. The summed E-state index contributed by atoms with van der Waals surface area (Å²) in [7, 11) is -2.21. The second kappa shape index (κ2) is 7.96. The lowest BCUT2D eigenvalue weighted by atomic mass is 9.97. The van der Waals surface area contributed by atoms with Crippen LogP contribution in [0, 0.1) is 12.8 Å². The van der Waals surface area contributed by atoms with Gasteiger partial charge in [0.1, 0.15) is 10.6 Å². The van der Waals surface area contributed by atoms with Crippen LogP contribution in [0.5, 0.6) is 5.75 Å². The Balaban J connectivity index is 1.80. The van der Waals surface area contributed by atoms with Crippen molar-refractivity contribution in [3.8, 4) is 5.75 Å². The van der Waals surface area contributed by atoms with Crippen molar-refractivity contribution in [1.29, 1.82) is 0 Å². The van der Waals surface area contributed by atoms with Crippen molar-refractivity contribution < 1.29 is 17.9 Å². The molecule has 1 atom stereocenters. The molecule has 0 radical (unpaired) electrons.